The summed E-state index contributed by atoms with van der Waals surface area (Å²) in [5.41, 5.74) is 0. The molecule has 3 nitrogen and oxygen atoms in total. The van der Waals surface area contributed by atoms with Crippen LogP contribution in [0.2, 0.25) is 0 Å². The SMILES string of the molecule is OC(CCl)Cn1cnc(I)c1I. The van der Waals surface area contributed by atoms with Gasteiger partial charge in [0.2, 0.25) is 0 Å². The largest absolute Gasteiger partial charge is 0.390 e. The van der Waals surface area contributed by atoms with Gasteiger partial charge in [0.1, 0.15) is 7.40 Å². The normalized spacial score (nSPS) is 13.3. The molecule has 0 spiro atoms. The molecule has 1 rings (SSSR count). The van der Waals surface area contributed by atoms with E-state index in [4.69, 9.17) is 11.6 Å². The third-order valence-electron chi connectivity index (χ3n) is 1.32. The molecule has 1 atom stereocenters. The number of aliphatic hydroxyl groups is 1. The van der Waals surface area contributed by atoms with Gasteiger partial charge in [-0.2, -0.15) is 0 Å². The minimum absolute atomic E-state index is 0.255. The number of rotatable bonds is 3. The predicted octanol–water partition coefficient (Wildman–Crippen LogP) is 1.69. The second kappa shape index (κ2) is 4.97. The monoisotopic (exact) mass is 412 g/mol. The number of hydrogen-bond acceptors (Lipinski definition) is 2. The first-order chi connectivity index (χ1) is 5.65. The Morgan fingerprint density at radius 2 is 2.33 bits per heavy atom. The second-order valence-corrected chi connectivity index (χ2v) is 4.64. The van der Waals surface area contributed by atoms with Gasteiger partial charge < -0.3 is 9.67 Å². The van der Waals surface area contributed by atoms with Crippen LogP contribution >= 0.6 is 56.8 Å². The van der Waals surface area contributed by atoms with E-state index >= 15 is 0 Å². The molecule has 0 saturated heterocycles. The highest BCUT2D eigenvalue weighted by atomic mass is 127. The molecule has 0 aromatic carbocycles. The summed E-state index contributed by atoms with van der Waals surface area (Å²) in [5, 5.41) is 9.26. The Labute approximate surface area is 103 Å². The average Bonchev–Trinajstić information content (AvgIpc) is 2.36. The van der Waals surface area contributed by atoms with Crippen LogP contribution in [-0.4, -0.2) is 26.6 Å². The van der Waals surface area contributed by atoms with Crippen LogP contribution in [-0.2, 0) is 6.54 Å². The van der Waals surface area contributed by atoms with Gasteiger partial charge in [-0.25, -0.2) is 4.98 Å². The number of aliphatic hydroxyl groups excluding tert-OH is 1. The Hall–Kier alpha value is 0.920. The molecule has 0 aliphatic carbocycles. The number of hydrogen-bond donors (Lipinski definition) is 1. The first kappa shape index (κ1) is 11.0. The van der Waals surface area contributed by atoms with Gasteiger partial charge in [-0.15, -0.1) is 11.6 Å². The summed E-state index contributed by atoms with van der Waals surface area (Å²) in [4.78, 5) is 4.09. The lowest BCUT2D eigenvalue weighted by molar-refractivity contribution is 0.176. The van der Waals surface area contributed by atoms with Crippen molar-refractivity contribution in [3.8, 4) is 0 Å². The maximum atomic E-state index is 9.26. The molecule has 0 bridgehead atoms. The molecule has 1 heterocycles. The van der Waals surface area contributed by atoms with Crippen molar-refractivity contribution >= 4 is 56.8 Å². The maximum absolute atomic E-state index is 9.26. The zero-order valence-corrected chi connectivity index (χ0v) is 11.1. The molecule has 0 radical (unpaired) electrons. The van der Waals surface area contributed by atoms with E-state index in [1.54, 1.807) is 6.33 Å². The van der Waals surface area contributed by atoms with Crippen molar-refractivity contribution in [1.82, 2.24) is 9.55 Å². The third kappa shape index (κ3) is 2.71. The van der Waals surface area contributed by atoms with Gasteiger partial charge in [-0.3, -0.25) is 0 Å². The van der Waals surface area contributed by atoms with Gasteiger partial charge in [0.25, 0.3) is 0 Å². The van der Waals surface area contributed by atoms with Crippen molar-refractivity contribution in [2.75, 3.05) is 5.88 Å². The van der Waals surface area contributed by atoms with E-state index in [1.165, 1.54) is 0 Å². The fourth-order valence-electron chi connectivity index (χ4n) is 0.746. The lowest BCUT2D eigenvalue weighted by Crippen LogP contribution is -2.17. The zero-order valence-electron chi connectivity index (χ0n) is 6.04. The highest BCUT2D eigenvalue weighted by Crippen LogP contribution is 2.13. The van der Waals surface area contributed by atoms with Crippen LogP contribution in [0.5, 0.6) is 0 Å². The Kier molecular flexibility index (Phi) is 4.55. The second-order valence-electron chi connectivity index (χ2n) is 2.29. The van der Waals surface area contributed by atoms with Gasteiger partial charge in [0.05, 0.1) is 24.9 Å². The van der Waals surface area contributed by atoms with Gasteiger partial charge in [-0.1, -0.05) is 0 Å². The van der Waals surface area contributed by atoms with Crippen molar-refractivity contribution in [3.05, 3.63) is 13.7 Å². The van der Waals surface area contributed by atoms with E-state index in [9.17, 15) is 5.11 Å². The van der Waals surface area contributed by atoms with Crippen LogP contribution < -0.4 is 0 Å². The van der Waals surface area contributed by atoms with Gasteiger partial charge in [0.15, 0.2) is 0 Å². The Bertz CT molecular complexity index is 266. The summed E-state index contributed by atoms with van der Waals surface area (Å²) >= 11 is 9.81. The molecule has 1 N–H and O–H groups in total. The summed E-state index contributed by atoms with van der Waals surface area (Å²) in [7, 11) is 0. The zero-order chi connectivity index (χ0) is 9.14. The fourth-order valence-corrected chi connectivity index (χ4v) is 1.74. The summed E-state index contributed by atoms with van der Waals surface area (Å²) < 4.78 is 3.88. The van der Waals surface area contributed by atoms with E-state index in [-0.39, 0.29) is 5.88 Å². The van der Waals surface area contributed by atoms with Crippen molar-refractivity contribution in [1.29, 1.82) is 0 Å². The lowest BCUT2D eigenvalue weighted by atomic mass is 10.4. The number of imidazole rings is 1. The molecule has 0 aliphatic heterocycles. The fraction of sp³-hybridized carbons (Fsp3) is 0.500. The van der Waals surface area contributed by atoms with Crippen LogP contribution in [0.3, 0.4) is 0 Å². The molecule has 1 unspecified atom stereocenters. The van der Waals surface area contributed by atoms with Crippen LogP contribution in [0.15, 0.2) is 6.33 Å². The Balaban J connectivity index is 2.69. The standard InChI is InChI=1S/C6H7ClI2N2O/c7-1-4(12)2-11-3-10-5(8)6(11)9/h3-4,12H,1-2H2. The molecular weight excluding hydrogens is 405 g/mol. The molecular formula is C6H7ClI2N2O. The number of nitrogens with zero attached hydrogens (tertiary/aromatic N) is 2. The molecule has 6 heteroatoms. The van der Waals surface area contributed by atoms with Crippen molar-refractivity contribution < 1.29 is 5.11 Å². The summed E-state index contributed by atoms with van der Waals surface area (Å²) in [6.45, 7) is 0.512. The van der Waals surface area contributed by atoms with E-state index in [0.717, 1.165) is 7.40 Å². The predicted molar refractivity (Wildman–Crippen MR) is 64.4 cm³/mol. The van der Waals surface area contributed by atoms with Gasteiger partial charge in [0, 0.05) is 0 Å². The lowest BCUT2D eigenvalue weighted by Gasteiger charge is -2.07. The smallest absolute Gasteiger partial charge is 0.132 e. The maximum Gasteiger partial charge on any atom is 0.132 e. The summed E-state index contributed by atoms with van der Waals surface area (Å²) in [6.07, 6.45) is 1.21. The van der Waals surface area contributed by atoms with E-state index < -0.39 is 6.10 Å². The molecule has 1 aromatic rings. The molecule has 0 fully saturated rings. The Morgan fingerprint density at radius 3 is 2.75 bits per heavy atom. The number of alkyl halides is 1. The minimum atomic E-state index is -0.495. The van der Waals surface area contributed by atoms with Crippen molar-refractivity contribution in [3.63, 3.8) is 0 Å². The average molecular weight is 412 g/mol. The molecule has 0 amide bonds. The first-order valence-electron chi connectivity index (χ1n) is 3.25. The summed E-state index contributed by atoms with van der Waals surface area (Å²) in [5.74, 6) is 0.255. The van der Waals surface area contributed by atoms with Gasteiger partial charge >= 0.3 is 0 Å². The molecule has 0 saturated carbocycles. The number of halogens is 3. The topological polar surface area (TPSA) is 38.0 Å². The van der Waals surface area contributed by atoms with Crippen molar-refractivity contribution in [2.45, 2.75) is 12.6 Å². The first-order valence-corrected chi connectivity index (χ1v) is 5.94. The molecule has 0 aliphatic rings. The minimum Gasteiger partial charge on any atom is -0.390 e. The number of aromatic nitrogens is 2. The third-order valence-corrected chi connectivity index (χ3v) is 4.63. The van der Waals surface area contributed by atoms with Crippen LogP contribution in [0.25, 0.3) is 0 Å². The van der Waals surface area contributed by atoms with Crippen molar-refractivity contribution in [2.24, 2.45) is 0 Å². The van der Waals surface area contributed by atoms with E-state index in [2.05, 4.69) is 50.2 Å². The molecule has 1 aromatic heterocycles. The van der Waals surface area contributed by atoms with E-state index in [0.29, 0.717) is 6.54 Å². The van der Waals surface area contributed by atoms with Gasteiger partial charge in [-0.05, 0) is 45.2 Å². The Morgan fingerprint density at radius 1 is 1.67 bits per heavy atom. The van der Waals surface area contributed by atoms with Crippen LogP contribution in [0.1, 0.15) is 0 Å². The highest BCUT2D eigenvalue weighted by Gasteiger charge is 2.08. The molecule has 12 heavy (non-hydrogen) atoms. The summed E-state index contributed by atoms with van der Waals surface area (Å²) in [6, 6.07) is 0. The highest BCUT2D eigenvalue weighted by molar-refractivity contribution is 14.1. The molecule has 68 valence electrons. The van der Waals surface area contributed by atoms with E-state index in [1.807, 2.05) is 4.57 Å². The quantitative estimate of drug-likeness (QED) is 0.606. The van der Waals surface area contributed by atoms with Crippen LogP contribution in [0.4, 0.5) is 0 Å². The van der Waals surface area contributed by atoms with Crippen LogP contribution in [0, 0.1) is 7.40 Å².